The minimum Gasteiger partial charge on any atom is -0.290 e. The average Bonchev–Trinajstić information content (AvgIpc) is 2.77. The van der Waals surface area contributed by atoms with Gasteiger partial charge in [-0.3, -0.25) is 4.90 Å². The van der Waals surface area contributed by atoms with Crippen LogP contribution in [0.25, 0.3) is 0 Å². The highest BCUT2D eigenvalue weighted by molar-refractivity contribution is 9.10. The van der Waals surface area contributed by atoms with Crippen LogP contribution in [0, 0.1) is 0 Å². The zero-order valence-corrected chi connectivity index (χ0v) is 19.4. The Morgan fingerprint density at radius 1 is 0.767 bits per heavy atom. The molecule has 1 saturated heterocycles. The van der Waals surface area contributed by atoms with E-state index in [1.165, 1.54) is 5.56 Å². The lowest BCUT2D eigenvalue weighted by molar-refractivity contribution is 0.156. The Kier molecular flexibility index (Phi) is 6.60. The van der Waals surface area contributed by atoms with Gasteiger partial charge in [0.1, 0.15) is 0 Å². The largest absolute Gasteiger partial charge is 0.290 e. The van der Waals surface area contributed by atoms with Gasteiger partial charge in [0.2, 0.25) is 10.0 Å². The first-order valence-electron chi connectivity index (χ1n) is 9.75. The normalized spacial score (nSPS) is 17.0. The van der Waals surface area contributed by atoms with Gasteiger partial charge in [-0.25, -0.2) is 8.42 Å². The molecule has 0 aliphatic carbocycles. The first-order valence-corrected chi connectivity index (χ1v) is 12.4. The van der Waals surface area contributed by atoms with E-state index in [0.29, 0.717) is 36.1 Å². The highest BCUT2D eigenvalue weighted by Gasteiger charge is 2.32. The van der Waals surface area contributed by atoms with E-state index in [4.69, 9.17) is 11.6 Å². The van der Waals surface area contributed by atoms with Crippen LogP contribution in [-0.4, -0.2) is 43.8 Å². The highest BCUT2D eigenvalue weighted by Crippen LogP contribution is 2.31. The lowest BCUT2D eigenvalue weighted by Crippen LogP contribution is -2.49. The first-order chi connectivity index (χ1) is 14.4. The van der Waals surface area contributed by atoms with Gasteiger partial charge in [-0.05, 0) is 47.5 Å². The summed E-state index contributed by atoms with van der Waals surface area (Å²) in [7, 11) is -3.49. The summed E-state index contributed by atoms with van der Waals surface area (Å²) in [6.07, 6.45) is 0. The smallest absolute Gasteiger partial charge is 0.243 e. The Morgan fingerprint density at radius 2 is 1.33 bits per heavy atom. The Morgan fingerprint density at radius 3 is 1.93 bits per heavy atom. The lowest BCUT2D eigenvalue weighted by atomic mass is 9.96. The second-order valence-electron chi connectivity index (χ2n) is 7.26. The fourth-order valence-electron chi connectivity index (χ4n) is 3.85. The SMILES string of the molecule is O=S(=O)(c1ccc(Br)cc1)N1CCN(C(c2ccccc2)c2ccc(Cl)cc2)CC1. The Bertz CT molecular complexity index is 1080. The van der Waals surface area contributed by atoms with Crippen LogP contribution in [0.5, 0.6) is 0 Å². The summed E-state index contributed by atoms with van der Waals surface area (Å²) in [5, 5.41) is 0.705. The summed E-state index contributed by atoms with van der Waals surface area (Å²) in [6.45, 7) is 2.21. The molecule has 0 saturated carbocycles. The van der Waals surface area contributed by atoms with Gasteiger partial charge >= 0.3 is 0 Å². The average molecular weight is 506 g/mol. The van der Waals surface area contributed by atoms with Crippen molar-refractivity contribution in [3.8, 4) is 0 Å². The molecule has 0 amide bonds. The number of benzene rings is 3. The summed E-state index contributed by atoms with van der Waals surface area (Å²) in [5.74, 6) is 0. The molecule has 1 fully saturated rings. The molecule has 1 atom stereocenters. The zero-order valence-electron chi connectivity index (χ0n) is 16.3. The molecule has 3 aromatic rings. The van der Waals surface area contributed by atoms with Gasteiger partial charge in [-0.1, -0.05) is 70.0 Å². The van der Waals surface area contributed by atoms with Crippen molar-refractivity contribution >= 4 is 37.6 Å². The Hall–Kier alpha value is -1.70. The number of hydrogen-bond donors (Lipinski definition) is 0. The molecule has 1 unspecified atom stereocenters. The van der Waals surface area contributed by atoms with Crippen LogP contribution in [0.2, 0.25) is 5.02 Å². The number of piperazine rings is 1. The van der Waals surface area contributed by atoms with Crippen LogP contribution in [0.4, 0.5) is 0 Å². The molecule has 156 valence electrons. The van der Waals surface area contributed by atoms with Gasteiger partial charge in [-0.2, -0.15) is 4.31 Å². The molecule has 0 radical (unpaired) electrons. The van der Waals surface area contributed by atoms with Crippen molar-refractivity contribution in [3.05, 3.63) is 99.5 Å². The monoisotopic (exact) mass is 504 g/mol. The van der Waals surface area contributed by atoms with Crippen molar-refractivity contribution in [1.82, 2.24) is 9.21 Å². The first kappa shape index (κ1) is 21.5. The topological polar surface area (TPSA) is 40.6 Å². The molecule has 4 rings (SSSR count). The van der Waals surface area contributed by atoms with E-state index < -0.39 is 10.0 Å². The summed E-state index contributed by atoms with van der Waals surface area (Å²) in [5.41, 5.74) is 2.33. The number of sulfonamides is 1. The molecular weight excluding hydrogens is 484 g/mol. The van der Waals surface area contributed by atoms with E-state index in [9.17, 15) is 8.42 Å². The second kappa shape index (κ2) is 9.20. The van der Waals surface area contributed by atoms with Crippen LogP contribution in [0.1, 0.15) is 17.2 Å². The molecule has 1 aliphatic heterocycles. The van der Waals surface area contributed by atoms with Crippen LogP contribution < -0.4 is 0 Å². The van der Waals surface area contributed by atoms with Gasteiger partial charge in [-0.15, -0.1) is 0 Å². The number of halogens is 2. The minimum atomic E-state index is -3.49. The van der Waals surface area contributed by atoms with Crippen molar-refractivity contribution in [2.24, 2.45) is 0 Å². The van der Waals surface area contributed by atoms with Gasteiger partial charge in [0, 0.05) is 35.7 Å². The van der Waals surface area contributed by atoms with Crippen LogP contribution >= 0.6 is 27.5 Å². The van der Waals surface area contributed by atoms with Crippen molar-refractivity contribution in [1.29, 1.82) is 0 Å². The van der Waals surface area contributed by atoms with E-state index in [1.54, 1.807) is 28.6 Å². The quantitative estimate of drug-likeness (QED) is 0.479. The van der Waals surface area contributed by atoms with Crippen molar-refractivity contribution in [2.75, 3.05) is 26.2 Å². The third-order valence-corrected chi connectivity index (χ3v) is 8.08. The molecule has 0 bridgehead atoms. The minimum absolute atomic E-state index is 0.0565. The predicted octanol–water partition coefficient (Wildman–Crippen LogP) is 5.20. The molecule has 7 heteroatoms. The molecule has 1 aliphatic rings. The molecule has 3 aromatic carbocycles. The van der Waals surface area contributed by atoms with E-state index in [-0.39, 0.29) is 6.04 Å². The third kappa shape index (κ3) is 4.63. The Labute approximate surface area is 191 Å². The van der Waals surface area contributed by atoms with Crippen LogP contribution in [0.3, 0.4) is 0 Å². The third-order valence-electron chi connectivity index (χ3n) is 5.39. The van der Waals surface area contributed by atoms with Gasteiger partial charge in [0.25, 0.3) is 0 Å². The van der Waals surface area contributed by atoms with E-state index >= 15 is 0 Å². The molecule has 1 heterocycles. The molecule has 0 aromatic heterocycles. The van der Waals surface area contributed by atoms with Crippen molar-refractivity contribution in [2.45, 2.75) is 10.9 Å². The molecule has 0 N–H and O–H groups in total. The predicted molar refractivity (Wildman–Crippen MR) is 124 cm³/mol. The van der Waals surface area contributed by atoms with Crippen molar-refractivity contribution in [3.63, 3.8) is 0 Å². The highest BCUT2D eigenvalue weighted by atomic mass is 79.9. The summed E-state index contributed by atoms with van der Waals surface area (Å²) in [6, 6.07) is 25.1. The standard InChI is InChI=1S/C23H22BrClN2O2S/c24-20-8-12-22(13-9-20)30(28,29)27-16-14-26(15-17-27)23(18-4-2-1-3-5-18)19-6-10-21(25)11-7-19/h1-13,23H,14-17H2. The van der Waals surface area contributed by atoms with Gasteiger partial charge in [0.15, 0.2) is 0 Å². The molecule has 0 spiro atoms. The zero-order chi connectivity index (χ0) is 21.1. The lowest BCUT2D eigenvalue weighted by Gasteiger charge is -2.39. The van der Waals surface area contributed by atoms with E-state index in [1.807, 2.05) is 42.5 Å². The number of hydrogen-bond acceptors (Lipinski definition) is 3. The van der Waals surface area contributed by atoms with Gasteiger partial charge < -0.3 is 0 Å². The molecular formula is C23H22BrClN2O2S. The fraction of sp³-hybridized carbons (Fsp3) is 0.217. The van der Waals surface area contributed by atoms with Gasteiger partial charge in [0.05, 0.1) is 10.9 Å². The number of nitrogens with zero attached hydrogens (tertiary/aromatic N) is 2. The number of rotatable bonds is 5. The maximum absolute atomic E-state index is 13.0. The Balaban J connectivity index is 1.56. The second-order valence-corrected chi connectivity index (χ2v) is 10.5. The summed E-state index contributed by atoms with van der Waals surface area (Å²) in [4.78, 5) is 2.67. The summed E-state index contributed by atoms with van der Waals surface area (Å²) >= 11 is 9.45. The maximum atomic E-state index is 13.0. The summed E-state index contributed by atoms with van der Waals surface area (Å²) < 4.78 is 28.5. The maximum Gasteiger partial charge on any atom is 0.243 e. The van der Waals surface area contributed by atoms with E-state index in [2.05, 4.69) is 33.0 Å². The molecule has 4 nitrogen and oxygen atoms in total. The van der Waals surface area contributed by atoms with Crippen molar-refractivity contribution < 1.29 is 8.42 Å². The van der Waals surface area contributed by atoms with Crippen LogP contribution in [0.15, 0.2) is 88.2 Å². The molecule has 30 heavy (non-hydrogen) atoms. The van der Waals surface area contributed by atoms with Crippen LogP contribution in [-0.2, 0) is 10.0 Å². The van der Waals surface area contributed by atoms with E-state index in [0.717, 1.165) is 10.0 Å². The fourth-order valence-corrected chi connectivity index (χ4v) is 5.66.